The van der Waals surface area contributed by atoms with E-state index in [1.807, 2.05) is 42.6 Å². The summed E-state index contributed by atoms with van der Waals surface area (Å²) in [6.07, 6.45) is -3.01. The van der Waals surface area contributed by atoms with Gasteiger partial charge in [0, 0.05) is 31.5 Å². The van der Waals surface area contributed by atoms with Crippen LogP contribution in [0.5, 0.6) is 5.75 Å². The van der Waals surface area contributed by atoms with Crippen LogP contribution in [0.4, 0.5) is 13.2 Å². The number of aromatic nitrogens is 1. The number of aryl methyl sites for hydroxylation is 1. The van der Waals surface area contributed by atoms with E-state index in [1.54, 1.807) is 24.3 Å². The number of halogens is 3. The summed E-state index contributed by atoms with van der Waals surface area (Å²) in [6, 6.07) is 15.0. The first-order chi connectivity index (χ1) is 17.7. The number of nitrogens with one attached hydrogen (secondary N) is 1. The maximum atomic E-state index is 12.8. The molecule has 1 fully saturated rings. The number of likely N-dealkylation sites (tertiary alicyclic amines) is 1. The van der Waals surface area contributed by atoms with Gasteiger partial charge in [0.2, 0.25) is 11.8 Å². The second kappa shape index (κ2) is 11.5. The molecule has 2 amide bonds. The molecule has 1 N–H and O–H groups in total. The Hall–Kier alpha value is -3.82. The first kappa shape index (κ1) is 26.2. The van der Waals surface area contributed by atoms with Gasteiger partial charge < -0.3 is 19.4 Å². The van der Waals surface area contributed by atoms with Gasteiger partial charge in [0.15, 0.2) is 0 Å². The molecule has 37 heavy (non-hydrogen) atoms. The molecule has 0 saturated carbocycles. The molecule has 1 aliphatic heterocycles. The highest BCUT2D eigenvalue weighted by Crippen LogP contribution is 2.22. The molecule has 1 saturated heterocycles. The Morgan fingerprint density at radius 1 is 1.08 bits per heavy atom. The molecule has 3 aromatic rings. The van der Waals surface area contributed by atoms with Gasteiger partial charge in [-0.1, -0.05) is 30.3 Å². The van der Waals surface area contributed by atoms with Gasteiger partial charge in [0.25, 0.3) is 0 Å². The standard InChI is InChI=1S/C27H28F3N3O4/c1-18-22(31-24(37-18)20-7-3-2-4-8-20)13-16-36-21-11-9-19(10-12-21)17-23(32-26(35)27(28,29)30)25(34)33-14-5-6-15-33/h2-4,7-12,23H,5-6,13-17H2,1H3,(H,32,35)/t23-/m0/s1. The Morgan fingerprint density at radius 2 is 1.76 bits per heavy atom. The van der Waals surface area contributed by atoms with E-state index in [-0.39, 0.29) is 6.42 Å². The number of hydrogen-bond donors (Lipinski definition) is 1. The maximum Gasteiger partial charge on any atom is 0.471 e. The van der Waals surface area contributed by atoms with Gasteiger partial charge in [-0.05, 0) is 49.6 Å². The number of hydrogen-bond acceptors (Lipinski definition) is 5. The summed E-state index contributed by atoms with van der Waals surface area (Å²) in [5.74, 6) is -0.799. The summed E-state index contributed by atoms with van der Waals surface area (Å²) in [4.78, 5) is 30.4. The summed E-state index contributed by atoms with van der Waals surface area (Å²) in [6.45, 7) is 3.14. The quantitative estimate of drug-likeness (QED) is 0.454. The number of oxazole rings is 1. The van der Waals surface area contributed by atoms with Gasteiger partial charge in [-0.15, -0.1) is 0 Å². The number of nitrogens with zero attached hydrogens (tertiary/aromatic N) is 2. The molecular weight excluding hydrogens is 487 g/mol. The second-order valence-electron chi connectivity index (χ2n) is 8.89. The largest absolute Gasteiger partial charge is 0.493 e. The van der Waals surface area contributed by atoms with Crippen molar-refractivity contribution in [3.63, 3.8) is 0 Å². The van der Waals surface area contributed by atoms with Crippen LogP contribution >= 0.6 is 0 Å². The lowest BCUT2D eigenvalue weighted by atomic mass is 10.0. The molecule has 1 aliphatic rings. The van der Waals surface area contributed by atoms with Crippen LogP contribution in [-0.4, -0.2) is 53.6 Å². The van der Waals surface area contributed by atoms with Crippen molar-refractivity contribution in [1.82, 2.24) is 15.2 Å². The SMILES string of the molecule is Cc1oc(-c2ccccc2)nc1CCOc1ccc(C[C@H](NC(=O)C(F)(F)F)C(=O)N2CCCC2)cc1. The third-order valence-corrected chi connectivity index (χ3v) is 6.16. The number of carbonyl (C=O) groups excluding carboxylic acids is 2. The van der Waals surface area contributed by atoms with E-state index in [9.17, 15) is 22.8 Å². The molecule has 2 aromatic carbocycles. The average molecular weight is 516 g/mol. The average Bonchev–Trinajstić information content (AvgIpc) is 3.54. The fourth-order valence-corrected chi connectivity index (χ4v) is 4.19. The first-order valence-corrected chi connectivity index (χ1v) is 12.1. The van der Waals surface area contributed by atoms with Gasteiger partial charge in [-0.3, -0.25) is 9.59 Å². The topological polar surface area (TPSA) is 84.7 Å². The molecular formula is C27H28F3N3O4. The molecule has 10 heteroatoms. The van der Waals surface area contributed by atoms with Gasteiger partial charge in [0.1, 0.15) is 17.6 Å². The number of ether oxygens (including phenoxy) is 1. The van der Waals surface area contributed by atoms with Gasteiger partial charge in [-0.25, -0.2) is 4.98 Å². The summed E-state index contributed by atoms with van der Waals surface area (Å²) >= 11 is 0. The molecule has 2 heterocycles. The van der Waals surface area contributed by atoms with Crippen LogP contribution in [0.25, 0.3) is 11.5 Å². The van der Waals surface area contributed by atoms with Crippen molar-refractivity contribution in [2.24, 2.45) is 0 Å². The van der Waals surface area contributed by atoms with Crippen molar-refractivity contribution >= 4 is 11.8 Å². The van der Waals surface area contributed by atoms with Crippen LogP contribution in [-0.2, 0) is 22.4 Å². The third kappa shape index (κ3) is 6.90. The third-order valence-electron chi connectivity index (χ3n) is 6.16. The van der Waals surface area contributed by atoms with E-state index in [0.717, 1.165) is 24.1 Å². The van der Waals surface area contributed by atoms with Crippen LogP contribution in [0.15, 0.2) is 59.0 Å². The molecule has 7 nitrogen and oxygen atoms in total. The minimum absolute atomic E-state index is 0.0577. The lowest BCUT2D eigenvalue weighted by molar-refractivity contribution is -0.175. The van der Waals surface area contributed by atoms with Crippen LogP contribution in [0, 0.1) is 6.92 Å². The molecule has 4 rings (SSSR count). The molecule has 0 bridgehead atoms. The number of benzene rings is 2. The Kier molecular flexibility index (Phi) is 8.15. The maximum absolute atomic E-state index is 12.8. The number of amides is 2. The Balaban J connectivity index is 1.34. The smallest absolute Gasteiger partial charge is 0.471 e. The minimum atomic E-state index is -5.06. The van der Waals surface area contributed by atoms with Crippen LogP contribution in [0.2, 0.25) is 0 Å². The van der Waals surface area contributed by atoms with E-state index < -0.39 is 24.0 Å². The fraction of sp³-hybridized carbons (Fsp3) is 0.370. The number of rotatable bonds is 9. The lowest BCUT2D eigenvalue weighted by Gasteiger charge is -2.24. The summed E-state index contributed by atoms with van der Waals surface area (Å²) in [7, 11) is 0. The zero-order valence-electron chi connectivity index (χ0n) is 20.4. The summed E-state index contributed by atoms with van der Waals surface area (Å²) in [5, 5.41) is 1.87. The fourth-order valence-electron chi connectivity index (χ4n) is 4.19. The van der Waals surface area contributed by atoms with Crippen LogP contribution < -0.4 is 10.1 Å². The predicted molar refractivity (Wildman–Crippen MR) is 130 cm³/mol. The molecule has 1 aromatic heterocycles. The van der Waals surface area contributed by atoms with Gasteiger partial charge in [-0.2, -0.15) is 13.2 Å². The summed E-state index contributed by atoms with van der Waals surface area (Å²) in [5.41, 5.74) is 2.28. The normalized spacial score (nSPS) is 14.4. The molecule has 196 valence electrons. The van der Waals surface area contributed by atoms with E-state index in [2.05, 4.69) is 4.98 Å². The number of carbonyl (C=O) groups is 2. The van der Waals surface area contributed by atoms with Gasteiger partial charge in [0.05, 0.1) is 12.3 Å². The van der Waals surface area contributed by atoms with E-state index in [4.69, 9.17) is 9.15 Å². The van der Waals surface area contributed by atoms with Crippen LogP contribution in [0.1, 0.15) is 29.9 Å². The van der Waals surface area contributed by atoms with Crippen molar-refractivity contribution in [3.8, 4) is 17.2 Å². The van der Waals surface area contributed by atoms with Gasteiger partial charge >= 0.3 is 12.1 Å². The zero-order chi connectivity index (χ0) is 26.4. The van der Waals surface area contributed by atoms with Crippen molar-refractivity contribution < 1.29 is 31.9 Å². The van der Waals surface area contributed by atoms with E-state index in [0.29, 0.717) is 49.1 Å². The van der Waals surface area contributed by atoms with Crippen LogP contribution in [0.3, 0.4) is 0 Å². The minimum Gasteiger partial charge on any atom is -0.493 e. The van der Waals surface area contributed by atoms with Crippen molar-refractivity contribution in [2.75, 3.05) is 19.7 Å². The van der Waals surface area contributed by atoms with Crippen molar-refractivity contribution in [1.29, 1.82) is 0 Å². The van der Waals surface area contributed by atoms with Crippen molar-refractivity contribution in [2.45, 2.75) is 44.8 Å². The lowest BCUT2D eigenvalue weighted by Crippen LogP contribution is -2.52. The molecule has 1 atom stereocenters. The highest BCUT2D eigenvalue weighted by Gasteiger charge is 2.41. The van der Waals surface area contributed by atoms with E-state index >= 15 is 0 Å². The zero-order valence-corrected chi connectivity index (χ0v) is 20.4. The highest BCUT2D eigenvalue weighted by atomic mass is 19.4. The second-order valence-corrected chi connectivity index (χ2v) is 8.89. The monoisotopic (exact) mass is 515 g/mol. The predicted octanol–water partition coefficient (Wildman–Crippen LogP) is 4.48. The van der Waals surface area contributed by atoms with E-state index in [1.165, 1.54) is 4.90 Å². The Bertz CT molecular complexity index is 1200. The highest BCUT2D eigenvalue weighted by molar-refractivity contribution is 5.90. The molecule has 0 unspecified atom stereocenters. The number of alkyl halides is 3. The molecule has 0 radical (unpaired) electrons. The van der Waals surface area contributed by atoms with Crippen molar-refractivity contribution in [3.05, 3.63) is 71.6 Å². The summed E-state index contributed by atoms with van der Waals surface area (Å²) < 4.78 is 50.1. The molecule has 0 spiro atoms. The first-order valence-electron chi connectivity index (χ1n) is 12.1. The Morgan fingerprint density at radius 3 is 2.41 bits per heavy atom. The molecule has 0 aliphatic carbocycles. The Labute approximate surface area is 212 Å².